The third-order valence-corrected chi connectivity index (χ3v) is 7.41. The summed E-state index contributed by atoms with van der Waals surface area (Å²) in [5.41, 5.74) is 3.38. The van der Waals surface area contributed by atoms with Crippen LogP contribution in [0, 0.1) is 0 Å². The number of para-hydroxylation sites is 1. The molecular formula is C31H38N2O5S. The van der Waals surface area contributed by atoms with Gasteiger partial charge in [-0.05, 0) is 71.8 Å². The third-order valence-electron chi connectivity index (χ3n) is 6.73. The molecule has 3 aromatic rings. The predicted molar refractivity (Wildman–Crippen MR) is 154 cm³/mol. The number of benzene rings is 2. The number of rotatable bonds is 15. The minimum atomic E-state index is -0.933. The van der Waals surface area contributed by atoms with Crippen molar-refractivity contribution in [2.24, 2.45) is 0 Å². The minimum absolute atomic E-state index is 0.154. The maximum atomic E-state index is 13.8. The molecule has 39 heavy (non-hydrogen) atoms. The van der Waals surface area contributed by atoms with Gasteiger partial charge in [-0.1, -0.05) is 30.3 Å². The van der Waals surface area contributed by atoms with Crippen LogP contribution in [-0.4, -0.2) is 72.8 Å². The molecule has 1 amide bonds. The average molecular weight is 552 g/mol. The zero-order valence-electron chi connectivity index (χ0n) is 23.3. The first-order valence-electron chi connectivity index (χ1n) is 14.2. The summed E-state index contributed by atoms with van der Waals surface area (Å²) in [5.74, 6) is -0.385. The molecule has 0 saturated carbocycles. The highest BCUT2D eigenvalue weighted by molar-refractivity contribution is 7.08. The molecule has 1 unspecified atom stereocenters. The summed E-state index contributed by atoms with van der Waals surface area (Å²) in [6.45, 7) is 3.99. The van der Waals surface area contributed by atoms with Crippen molar-refractivity contribution in [2.75, 3.05) is 46.0 Å². The second-order valence-electron chi connectivity index (χ2n) is 9.62. The van der Waals surface area contributed by atoms with Crippen molar-refractivity contribution in [3.8, 4) is 16.9 Å². The van der Waals surface area contributed by atoms with Gasteiger partial charge in [0.2, 0.25) is 0 Å². The fourth-order valence-corrected chi connectivity index (χ4v) is 5.20. The van der Waals surface area contributed by atoms with Crippen LogP contribution < -0.4 is 4.74 Å². The van der Waals surface area contributed by atoms with E-state index in [0.29, 0.717) is 36.4 Å². The van der Waals surface area contributed by atoms with Crippen LogP contribution >= 0.6 is 11.3 Å². The number of aliphatic carboxylic acids is 1. The van der Waals surface area contributed by atoms with Crippen LogP contribution in [-0.2, 0) is 16.1 Å². The lowest BCUT2D eigenvalue weighted by atomic mass is 10.1. The summed E-state index contributed by atoms with van der Waals surface area (Å²) in [6, 6.07) is 17.1. The van der Waals surface area contributed by atoms with Gasteiger partial charge >= 0.3 is 5.97 Å². The highest BCUT2D eigenvalue weighted by Gasteiger charge is 2.19. The number of unbranched alkanes of at least 4 members (excludes halogenated alkanes) is 2. The smallest absolute Gasteiger partial charge is 0.303 e. The van der Waals surface area contributed by atoms with Gasteiger partial charge < -0.3 is 19.5 Å². The first-order valence-corrected chi connectivity index (χ1v) is 14.6. The number of carboxylic acids is 1. The Hall–Kier alpha value is -3.20. The molecule has 1 fully saturated rings. The van der Waals surface area contributed by atoms with Crippen molar-refractivity contribution in [3.05, 3.63) is 76.5 Å². The summed E-state index contributed by atoms with van der Waals surface area (Å²) in [5, 5.41) is 12.9. The number of thiophene rings is 1. The van der Waals surface area contributed by atoms with E-state index in [4.69, 9.17) is 14.6 Å². The molecule has 2 aromatic carbocycles. The van der Waals surface area contributed by atoms with Gasteiger partial charge in [-0.3, -0.25) is 14.5 Å². The van der Waals surface area contributed by atoms with Crippen molar-refractivity contribution < 1.29 is 25.5 Å². The van der Waals surface area contributed by atoms with Gasteiger partial charge in [-0.25, -0.2) is 0 Å². The van der Waals surface area contributed by atoms with Crippen LogP contribution in [0.5, 0.6) is 5.75 Å². The van der Waals surface area contributed by atoms with E-state index in [1.165, 1.54) is 0 Å². The molecule has 1 N–H and O–H groups in total. The Bertz CT molecular complexity index is 1200. The van der Waals surface area contributed by atoms with E-state index in [9.17, 15) is 11.0 Å². The Morgan fingerprint density at radius 3 is 2.54 bits per heavy atom. The zero-order chi connectivity index (χ0) is 28.2. The predicted octanol–water partition coefficient (Wildman–Crippen LogP) is 5.80. The number of nitrogens with zero attached hydrogens (tertiary/aromatic N) is 2. The van der Waals surface area contributed by atoms with Crippen LogP contribution in [0.15, 0.2) is 65.4 Å². The fourth-order valence-electron chi connectivity index (χ4n) is 4.54. The number of carbonyl (C=O) groups excluding carboxylic acids is 1. The van der Waals surface area contributed by atoms with Crippen molar-refractivity contribution in [1.29, 1.82) is 0 Å². The number of carbonyl (C=O) groups is 2. The van der Waals surface area contributed by atoms with Crippen molar-refractivity contribution in [1.82, 2.24) is 9.80 Å². The number of hydrogen-bond acceptors (Lipinski definition) is 6. The number of amides is 1. The second-order valence-corrected chi connectivity index (χ2v) is 10.4. The van der Waals surface area contributed by atoms with E-state index >= 15 is 0 Å². The van der Waals surface area contributed by atoms with Gasteiger partial charge in [-0.2, -0.15) is 11.3 Å². The van der Waals surface area contributed by atoms with E-state index < -0.39 is 12.5 Å². The lowest BCUT2D eigenvalue weighted by molar-refractivity contribution is -0.137. The Morgan fingerprint density at radius 1 is 1.00 bits per heavy atom. The highest BCUT2D eigenvalue weighted by atomic mass is 32.1. The van der Waals surface area contributed by atoms with Crippen LogP contribution in [0.1, 0.15) is 49.4 Å². The van der Waals surface area contributed by atoms with Gasteiger partial charge in [0.05, 0.1) is 21.2 Å². The van der Waals surface area contributed by atoms with Crippen LogP contribution in [0.25, 0.3) is 11.1 Å². The average Bonchev–Trinajstić information content (AvgIpc) is 3.52. The summed E-state index contributed by atoms with van der Waals surface area (Å²) in [6.07, 6.45) is 3.00. The van der Waals surface area contributed by atoms with Gasteiger partial charge in [0.25, 0.3) is 5.91 Å². The summed E-state index contributed by atoms with van der Waals surface area (Å²) < 4.78 is 20.7. The quantitative estimate of drug-likeness (QED) is 0.241. The molecule has 0 spiro atoms. The topological polar surface area (TPSA) is 79.3 Å². The molecule has 8 heteroatoms. The first kappa shape index (κ1) is 27.4. The monoisotopic (exact) mass is 551 g/mol. The molecule has 0 radical (unpaired) electrons. The normalized spacial score (nSPS) is 14.9. The van der Waals surface area contributed by atoms with Crippen LogP contribution in [0.2, 0.25) is 0 Å². The summed E-state index contributed by atoms with van der Waals surface area (Å²) >= 11 is 1.64. The molecular weight excluding hydrogens is 512 g/mol. The highest BCUT2D eigenvalue weighted by Crippen LogP contribution is 2.25. The van der Waals surface area contributed by atoms with E-state index in [1.807, 2.05) is 53.9 Å². The first-order chi connectivity index (χ1) is 19.5. The Balaban J connectivity index is 1.46. The molecule has 0 aliphatic carbocycles. The molecule has 1 aromatic heterocycles. The minimum Gasteiger partial charge on any atom is -0.493 e. The van der Waals surface area contributed by atoms with Gasteiger partial charge in [0.15, 0.2) is 0 Å². The van der Waals surface area contributed by atoms with Crippen LogP contribution in [0.4, 0.5) is 0 Å². The van der Waals surface area contributed by atoms with Crippen LogP contribution in [0.3, 0.4) is 0 Å². The molecule has 4 rings (SSSR count). The van der Waals surface area contributed by atoms with E-state index in [2.05, 4.69) is 16.3 Å². The molecule has 0 bridgehead atoms. The molecule has 2 heterocycles. The lowest BCUT2D eigenvalue weighted by Gasteiger charge is -2.29. The van der Waals surface area contributed by atoms with E-state index in [0.717, 1.165) is 63.2 Å². The maximum Gasteiger partial charge on any atom is 0.303 e. The molecule has 1 aliphatic heterocycles. The fraction of sp³-hybridized carbons (Fsp3) is 0.419. The van der Waals surface area contributed by atoms with Crippen molar-refractivity contribution >= 4 is 23.2 Å². The van der Waals surface area contributed by atoms with Crippen molar-refractivity contribution in [2.45, 2.75) is 38.6 Å². The van der Waals surface area contributed by atoms with Gasteiger partial charge in [0.1, 0.15) is 5.75 Å². The molecule has 1 atom stereocenters. The second kappa shape index (κ2) is 15.4. The molecule has 1 aliphatic rings. The van der Waals surface area contributed by atoms with Gasteiger partial charge in [0, 0.05) is 50.2 Å². The third kappa shape index (κ3) is 9.20. The standard InChI is InChI=1S/C31H38N2O5S/c34-30(35)9-2-1-5-19-38-29-8-4-3-7-27(29)23-33(16-6-15-32-17-20-37-21-18-32)31(36)26-12-10-25(11-13-26)28-14-22-39-24-28/h3-4,7-8,10-14,22,24H,1-2,5-6,9,15-21,23H2,(H,34,35)/i23D. The number of hydrogen-bond donors (Lipinski definition) is 1. The van der Waals surface area contributed by atoms with E-state index in [-0.39, 0.29) is 12.3 Å². The molecule has 1 saturated heterocycles. The number of ether oxygens (including phenoxy) is 2. The van der Waals surface area contributed by atoms with Crippen molar-refractivity contribution in [3.63, 3.8) is 0 Å². The SMILES string of the molecule is [2H]C(c1ccccc1OCCCCCC(=O)O)N(CCCN1CCOCC1)C(=O)c1ccc(-c2ccsc2)cc1. The Kier molecular flexibility index (Phi) is 10.8. The number of carboxylic acid groups (broad SMARTS) is 1. The summed E-state index contributed by atoms with van der Waals surface area (Å²) in [4.78, 5) is 28.5. The Morgan fingerprint density at radius 2 is 1.79 bits per heavy atom. The Labute approximate surface area is 236 Å². The maximum absolute atomic E-state index is 13.8. The summed E-state index contributed by atoms with van der Waals surface area (Å²) in [7, 11) is 0. The zero-order valence-corrected chi connectivity index (χ0v) is 23.1. The largest absolute Gasteiger partial charge is 0.493 e. The van der Waals surface area contributed by atoms with Gasteiger partial charge in [-0.15, -0.1) is 0 Å². The lowest BCUT2D eigenvalue weighted by Crippen LogP contribution is -2.39. The molecule has 7 nitrogen and oxygen atoms in total. The van der Waals surface area contributed by atoms with E-state index in [1.54, 1.807) is 16.2 Å². The molecule has 208 valence electrons. The number of morpholine rings is 1.